The number of nitrogens with zero attached hydrogens (tertiary/aromatic N) is 1. The number of benzene rings is 1. The summed E-state index contributed by atoms with van der Waals surface area (Å²) < 4.78 is 13.8. The van der Waals surface area contributed by atoms with E-state index in [1.165, 1.54) is 6.07 Å². The highest BCUT2D eigenvalue weighted by atomic mass is 19.1. The number of nitrogens with two attached hydrogens (primary N) is 1. The number of aromatic nitrogens is 1. The fraction of sp³-hybridized carbons (Fsp3) is 0.308. The van der Waals surface area contributed by atoms with Gasteiger partial charge in [0.2, 0.25) is 0 Å². The van der Waals surface area contributed by atoms with E-state index in [0.29, 0.717) is 13.0 Å². The summed E-state index contributed by atoms with van der Waals surface area (Å²) in [4.78, 5) is 4.04. The van der Waals surface area contributed by atoms with Gasteiger partial charge < -0.3 is 5.73 Å². The lowest BCUT2D eigenvalue weighted by Crippen LogP contribution is -2.14. The fourth-order valence-corrected chi connectivity index (χ4v) is 1.85. The molecular weight excluding hydrogens is 203 g/mol. The molecule has 0 bridgehead atoms. The smallest absolute Gasteiger partial charge is 0.127 e. The second-order valence-corrected chi connectivity index (χ2v) is 4.17. The average Bonchev–Trinajstić information content (AvgIpc) is 2.32. The number of hydrogen-bond acceptors (Lipinski definition) is 2. The van der Waals surface area contributed by atoms with Crippen molar-refractivity contribution in [3.63, 3.8) is 0 Å². The predicted octanol–water partition coefficient (Wildman–Crippen LogP) is 2.51. The third-order valence-electron chi connectivity index (χ3n) is 2.83. The van der Waals surface area contributed by atoms with Crippen molar-refractivity contribution in [3.05, 3.63) is 42.0 Å². The van der Waals surface area contributed by atoms with Gasteiger partial charge in [0, 0.05) is 17.8 Å². The van der Waals surface area contributed by atoms with Crippen LogP contribution in [-0.2, 0) is 6.42 Å². The molecule has 1 atom stereocenters. The quantitative estimate of drug-likeness (QED) is 0.859. The molecule has 3 heteroatoms. The Morgan fingerprint density at radius 3 is 2.94 bits per heavy atom. The maximum Gasteiger partial charge on any atom is 0.127 e. The first kappa shape index (κ1) is 11.0. The molecular formula is C13H15FN2. The van der Waals surface area contributed by atoms with E-state index >= 15 is 0 Å². The van der Waals surface area contributed by atoms with E-state index in [9.17, 15) is 4.39 Å². The molecule has 16 heavy (non-hydrogen) atoms. The van der Waals surface area contributed by atoms with Gasteiger partial charge in [-0.25, -0.2) is 4.39 Å². The van der Waals surface area contributed by atoms with Crippen molar-refractivity contribution in [2.45, 2.75) is 13.3 Å². The van der Waals surface area contributed by atoms with Gasteiger partial charge >= 0.3 is 0 Å². The second-order valence-electron chi connectivity index (χ2n) is 4.17. The topological polar surface area (TPSA) is 38.9 Å². The van der Waals surface area contributed by atoms with E-state index in [4.69, 9.17) is 5.73 Å². The number of fused-ring (bicyclic) bond motifs is 1. The maximum atomic E-state index is 13.8. The third kappa shape index (κ3) is 2.04. The first-order chi connectivity index (χ1) is 7.72. The van der Waals surface area contributed by atoms with Gasteiger partial charge in [0.25, 0.3) is 0 Å². The molecule has 0 fully saturated rings. The molecule has 1 unspecified atom stereocenters. The molecule has 1 aromatic heterocycles. The van der Waals surface area contributed by atoms with Crippen LogP contribution in [0.1, 0.15) is 12.5 Å². The minimum Gasteiger partial charge on any atom is -0.330 e. The maximum absolute atomic E-state index is 13.8. The van der Waals surface area contributed by atoms with Crippen LogP contribution in [0.5, 0.6) is 0 Å². The third-order valence-corrected chi connectivity index (χ3v) is 2.83. The lowest BCUT2D eigenvalue weighted by atomic mass is 9.96. The first-order valence-electron chi connectivity index (χ1n) is 5.43. The molecule has 0 aliphatic carbocycles. The van der Waals surface area contributed by atoms with Crippen LogP contribution >= 0.6 is 0 Å². The lowest BCUT2D eigenvalue weighted by Gasteiger charge is -2.11. The highest BCUT2D eigenvalue weighted by Gasteiger charge is 2.10. The van der Waals surface area contributed by atoms with Gasteiger partial charge in [-0.05, 0) is 48.0 Å². The lowest BCUT2D eigenvalue weighted by molar-refractivity contribution is 0.555. The van der Waals surface area contributed by atoms with Crippen LogP contribution in [0.3, 0.4) is 0 Å². The summed E-state index contributed by atoms with van der Waals surface area (Å²) in [7, 11) is 0. The molecule has 0 spiro atoms. The molecule has 0 amide bonds. The molecule has 0 aliphatic heterocycles. The summed E-state index contributed by atoms with van der Waals surface area (Å²) in [5.74, 6) is 0.132. The highest BCUT2D eigenvalue weighted by Crippen LogP contribution is 2.23. The molecule has 2 nitrogen and oxygen atoms in total. The number of halogens is 1. The Balaban J connectivity index is 2.52. The second kappa shape index (κ2) is 4.58. The number of hydrogen-bond donors (Lipinski definition) is 1. The summed E-state index contributed by atoms with van der Waals surface area (Å²) in [6, 6.07) is 5.12. The fourth-order valence-electron chi connectivity index (χ4n) is 1.85. The van der Waals surface area contributed by atoms with Crippen molar-refractivity contribution in [1.29, 1.82) is 0 Å². The minimum absolute atomic E-state index is 0.154. The summed E-state index contributed by atoms with van der Waals surface area (Å²) in [6.07, 6.45) is 4.12. The van der Waals surface area contributed by atoms with Crippen molar-refractivity contribution in [2.75, 3.05) is 6.54 Å². The van der Waals surface area contributed by atoms with E-state index in [1.54, 1.807) is 18.5 Å². The molecule has 0 aliphatic rings. The normalized spacial score (nSPS) is 12.9. The van der Waals surface area contributed by atoms with Crippen LogP contribution in [0.25, 0.3) is 10.8 Å². The molecule has 0 radical (unpaired) electrons. The predicted molar refractivity (Wildman–Crippen MR) is 63.6 cm³/mol. The van der Waals surface area contributed by atoms with Crippen LogP contribution in [0.4, 0.5) is 4.39 Å². The van der Waals surface area contributed by atoms with Crippen molar-refractivity contribution < 1.29 is 4.39 Å². The summed E-state index contributed by atoms with van der Waals surface area (Å²) in [5, 5.41) is 1.92. The van der Waals surface area contributed by atoms with Gasteiger partial charge in [-0.2, -0.15) is 0 Å². The van der Waals surface area contributed by atoms with Gasteiger partial charge in [-0.1, -0.05) is 6.92 Å². The van der Waals surface area contributed by atoms with Gasteiger partial charge in [0.1, 0.15) is 5.82 Å². The van der Waals surface area contributed by atoms with Crippen LogP contribution in [0.15, 0.2) is 30.6 Å². The zero-order chi connectivity index (χ0) is 11.5. The molecule has 2 rings (SSSR count). The minimum atomic E-state index is -0.154. The Kier molecular flexibility index (Phi) is 3.15. The van der Waals surface area contributed by atoms with Crippen LogP contribution < -0.4 is 5.73 Å². The zero-order valence-corrected chi connectivity index (χ0v) is 9.28. The average molecular weight is 218 g/mol. The number of rotatable bonds is 3. The van der Waals surface area contributed by atoms with Gasteiger partial charge in [0.15, 0.2) is 0 Å². The van der Waals surface area contributed by atoms with E-state index in [0.717, 1.165) is 16.3 Å². The Hall–Kier alpha value is -1.48. The van der Waals surface area contributed by atoms with Gasteiger partial charge in [-0.15, -0.1) is 0 Å². The monoisotopic (exact) mass is 218 g/mol. The number of pyridine rings is 1. The van der Waals surface area contributed by atoms with Crippen molar-refractivity contribution in [3.8, 4) is 0 Å². The van der Waals surface area contributed by atoms with Crippen molar-refractivity contribution in [1.82, 2.24) is 4.98 Å². The first-order valence-corrected chi connectivity index (χ1v) is 5.43. The van der Waals surface area contributed by atoms with E-state index in [-0.39, 0.29) is 11.7 Å². The largest absolute Gasteiger partial charge is 0.330 e. The van der Waals surface area contributed by atoms with Crippen LogP contribution in [-0.4, -0.2) is 11.5 Å². The highest BCUT2D eigenvalue weighted by molar-refractivity contribution is 5.85. The van der Waals surface area contributed by atoms with E-state index in [2.05, 4.69) is 4.98 Å². The van der Waals surface area contributed by atoms with E-state index < -0.39 is 0 Å². The SMILES string of the molecule is CC(CN)Cc1c(F)ccc2cnccc12. The van der Waals surface area contributed by atoms with Gasteiger partial charge in [0.05, 0.1) is 0 Å². The van der Waals surface area contributed by atoms with Gasteiger partial charge in [-0.3, -0.25) is 4.98 Å². The Bertz CT molecular complexity index is 496. The summed E-state index contributed by atoms with van der Waals surface area (Å²) in [5.41, 5.74) is 6.33. The zero-order valence-electron chi connectivity index (χ0n) is 9.28. The Morgan fingerprint density at radius 1 is 1.38 bits per heavy atom. The summed E-state index contributed by atoms with van der Waals surface area (Å²) in [6.45, 7) is 2.60. The Morgan fingerprint density at radius 2 is 2.19 bits per heavy atom. The van der Waals surface area contributed by atoms with Crippen LogP contribution in [0, 0.1) is 11.7 Å². The Labute approximate surface area is 94.3 Å². The van der Waals surface area contributed by atoms with Crippen molar-refractivity contribution >= 4 is 10.8 Å². The molecule has 2 aromatic rings. The summed E-state index contributed by atoms with van der Waals surface area (Å²) >= 11 is 0. The van der Waals surface area contributed by atoms with Crippen molar-refractivity contribution in [2.24, 2.45) is 11.7 Å². The van der Waals surface area contributed by atoms with E-state index in [1.807, 2.05) is 13.0 Å². The molecule has 0 saturated heterocycles. The molecule has 0 saturated carbocycles. The standard InChI is InChI=1S/C13H15FN2/c1-9(7-15)6-12-11-4-5-16-8-10(11)2-3-13(12)14/h2-5,8-9H,6-7,15H2,1H3. The molecule has 84 valence electrons. The molecule has 1 heterocycles. The van der Waals surface area contributed by atoms with Crippen LogP contribution in [0.2, 0.25) is 0 Å². The molecule has 2 N–H and O–H groups in total. The molecule has 1 aromatic carbocycles.